The van der Waals surface area contributed by atoms with Gasteiger partial charge in [-0.3, -0.25) is 0 Å². The average Bonchev–Trinajstić information content (AvgIpc) is 2.93. The van der Waals surface area contributed by atoms with Crippen LogP contribution in [0.5, 0.6) is 5.75 Å². The van der Waals surface area contributed by atoms with Gasteiger partial charge in [0.25, 0.3) is 0 Å². The molecule has 6 heteroatoms. The van der Waals surface area contributed by atoms with Gasteiger partial charge in [0.15, 0.2) is 0 Å². The molecule has 2 aromatic rings. The van der Waals surface area contributed by atoms with Crippen LogP contribution in [-0.4, -0.2) is 25.9 Å². The van der Waals surface area contributed by atoms with Gasteiger partial charge in [-0.2, -0.15) is 5.10 Å². The fraction of sp³-hybridized carbons (Fsp3) is 0.571. The maximum atomic E-state index is 6.34. The van der Waals surface area contributed by atoms with Crippen molar-refractivity contribution < 1.29 is 9.16 Å². The van der Waals surface area contributed by atoms with Crippen molar-refractivity contribution in [2.45, 2.75) is 66.2 Å². The first kappa shape index (κ1) is 21.5. The standard InChI is InChI=1S/C21H34N3O2Si/c1-20(2,3)17-13-18(22)24(23-17)14-10-11-15(16(12-14)25-7)19(21(4,5)6)26-27(8)9/h10-13,19H,22H2,1-9H3. The van der Waals surface area contributed by atoms with E-state index in [4.69, 9.17) is 20.0 Å². The summed E-state index contributed by atoms with van der Waals surface area (Å²) in [5.74, 6) is 1.41. The summed E-state index contributed by atoms with van der Waals surface area (Å²) in [7, 11) is 0.832. The van der Waals surface area contributed by atoms with E-state index in [1.807, 2.05) is 18.2 Å². The molecule has 0 bridgehead atoms. The predicted octanol–water partition coefficient (Wildman–Crippen LogP) is 5.12. The minimum absolute atomic E-state index is 0.0366. The lowest BCUT2D eigenvalue weighted by atomic mass is 9.84. The van der Waals surface area contributed by atoms with E-state index in [-0.39, 0.29) is 16.9 Å². The topological polar surface area (TPSA) is 62.3 Å². The summed E-state index contributed by atoms with van der Waals surface area (Å²) in [4.78, 5) is 0. The minimum atomic E-state index is -0.862. The number of aromatic nitrogens is 2. The third-order valence-corrected chi connectivity index (χ3v) is 5.10. The van der Waals surface area contributed by atoms with Crippen LogP contribution in [0.15, 0.2) is 24.3 Å². The molecular weight excluding hydrogens is 354 g/mol. The molecule has 27 heavy (non-hydrogen) atoms. The summed E-state index contributed by atoms with van der Waals surface area (Å²) in [6.45, 7) is 17.3. The number of methoxy groups -OCH3 is 1. The van der Waals surface area contributed by atoms with Crippen molar-refractivity contribution >= 4 is 14.9 Å². The van der Waals surface area contributed by atoms with Crippen molar-refractivity contribution in [2.24, 2.45) is 5.41 Å². The van der Waals surface area contributed by atoms with Crippen molar-refractivity contribution in [3.05, 3.63) is 35.5 Å². The number of nitrogen functional groups attached to an aromatic ring is 1. The Balaban J connectivity index is 2.52. The van der Waals surface area contributed by atoms with Gasteiger partial charge in [-0.15, -0.1) is 0 Å². The molecule has 0 aliphatic rings. The molecule has 5 nitrogen and oxygen atoms in total. The zero-order valence-electron chi connectivity index (χ0n) is 18.2. The second-order valence-electron chi connectivity index (χ2n) is 9.31. The monoisotopic (exact) mass is 388 g/mol. The molecule has 0 aliphatic heterocycles. The van der Waals surface area contributed by atoms with E-state index in [9.17, 15) is 0 Å². The van der Waals surface area contributed by atoms with Crippen molar-refractivity contribution in [3.63, 3.8) is 0 Å². The second-order valence-corrected chi connectivity index (χ2v) is 11.4. The molecule has 149 valence electrons. The van der Waals surface area contributed by atoms with E-state index in [1.54, 1.807) is 11.8 Å². The maximum Gasteiger partial charge on any atom is 0.205 e. The number of rotatable bonds is 5. The van der Waals surface area contributed by atoms with Gasteiger partial charge in [-0.05, 0) is 24.6 Å². The normalized spacial score (nSPS) is 13.9. The number of hydrogen-bond donors (Lipinski definition) is 1. The number of nitrogens with zero attached hydrogens (tertiary/aromatic N) is 2. The molecule has 0 fully saturated rings. The van der Waals surface area contributed by atoms with Crippen molar-refractivity contribution in [1.29, 1.82) is 0 Å². The molecule has 2 rings (SSSR count). The van der Waals surface area contributed by atoms with Crippen molar-refractivity contribution in [1.82, 2.24) is 9.78 Å². The lowest BCUT2D eigenvalue weighted by Gasteiger charge is -2.33. The zero-order chi connectivity index (χ0) is 20.6. The SMILES string of the molecule is COc1cc(-n2nc(C(C)(C)C)cc2N)ccc1C(O[Si](C)C)C(C)(C)C. The Bertz CT molecular complexity index is 786. The minimum Gasteiger partial charge on any atom is -0.496 e. The number of anilines is 1. The molecule has 1 radical (unpaired) electrons. The molecule has 0 spiro atoms. The molecule has 2 N–H and O–H groups in total. The van der Waals surface area contributed by atoms with Crippen LogP contribution in [0.25, 0.3) is 5.69 Å². The highest BCUT2D eigenvalue weighted by molar-refractivity contribution is 6.48. The maximum absolute atomic E-state index is 6.34. The summed E-state index contributed by atoms with van der Waals surface area (Å²) in [5.41, 5.74) is 9.04. The third-order valence-electron chi connectivity index (χ3n) is 4.39. The smallest absolute Gasteiger partial charge is 0.205 e. The molecule has 0 saturated carbocycles. The lowest BCUT2D eigenvalue weighted by Crippen LogP contribution is -2.26. The Kier molecular flexibility index (Phi) is 6.12. The molecular formula is C21H34N3O2Si. The summed E-state index contributed by atoms with van der Waals surface area (Å²) in [6, 6.07) is 8.04. The van der Waals surface area contributed by atoms with Gasteiger partial charge in [0.05, 0.1) is 24.6 Å². The number of nitrogens with two attached hydrogens (primary N) is 1. The van der Waals surface area contributed by atoms with E-state index < -0.39 is 9.04 Å². The fourth-order valence-corrected chi connectivity index (χ4v) is 3.91. The van der Waals surface area contributed by atoms with Crippen LogP contribution in [0.1, 0.15) is 58.9 Å². The Labute approximate surface area is 165 Å². The first-order chi connectivity index (χ1) is 12.3. The zero-order valence-corrected chi connectivity index (χ0v) is 19.2. The fourth-order valence-electron chi connectivity index (χ4n) is 2.96. The Morgan fingerprint density at radius 2 is 1.70 bits per heavy atom. The molecule has 1 heterocycles. The molecule has 1 aromatic heterocycles. The van der Waals surface area contributed by atoms with Crippen LogP contribution < -0.4 is 10.5 Å². The second kappa shape index (κ2) is 7.68. The van der Waals surface area contributed by atoms with E-state index in [0.29, 0.717) is 5.82 Å². The van der Waals surface area contributed by atoms with E-state index in [1.165, 1.54) is 0 Å². The molecule has 0 amide bonds. The average molecular weight is 389 g/mol. The molecule has 0 aliphatic carbocycles. The van der Waals surface area contributed by atoms with Gasteiger partial charge in [-0.1, -0.05) is 47.6 Å². The largest absolute Gasteiger partial charge is 0.496 e. The lowest BCUT2D eigenvalue weighted by molar-refractivity contribution is 0.0840. The van der Waals surface area contributed by atoms with Crippen molar-refractivity contribution in [2.75, 3.05) is 12.8 Å². The quantitative estimate of drug-likeness (QED) is 0.723. The predicted molar refractivity (Wildman–Crippen MR) is 114 cm³/mol. The van der Waals surface area contributed by atoms with Crippen LogP contribution in [0.2, 0.25) is 13.1 Å². The summed E-state index contributed by atoms with van der Waals surface area (Å²) in [5, 5.41) is 4.71. The van der Waals surface area contributed by atoms with Crippen LogP contribution in [0, 0.1) is 5.41 Å². The molecule has 1 aromatic carbocycles. The number of hydrogen-bond acceptors (Lipinski definition) is 4. The third kappa shape index (κ3) is 4.93. The van der Waals surface area contributed by atoms with Gasteiger partial charge < -0.3 is 14.9 Å². The first-order valence-electron chi connectivity index (χ1n) is 9.35. The van der Waals surface area contributed by atoms with Crippen LogP contribution in [-0.2, 0) is 9.84 Å². The number of benzene rings is 1. The highest BCUT2D eigenvalue weighted by Gasteiger charge is 2.31. The van der Waals surface area contributed by atoms with Gasteiger partial charge >= 0.3 is 0 Å². The Hall–Kier alpha value is -1.79. The van der Waals surface area contributed by atoms with E-state index in [0.717, 1.165) is 22.7 Å². The molecule has 1 atom stereocenters. The highest BCUT2D eigenvalue weighted by Crippen LogP contribution is 2.41. The number of ether oxygens (including phenoxy) is 1. The van der Waals surface area contributed by atoms with E-state index in [2.05, 4.69) is 60.7 Å². The van der Waals surface area contributed by atoms with Gasteiger partial charge in [0.2, 0.25) is 9.04 Å². The van der Waals surface area contributed by atoms with Crippen molar-refractivity contribution in [3.8, 4) is 11.4 Å². The first-order valence-corrected chi connectivity index (χ1v) is 11.8. The van der Waals surface area contributed by atoms with Gasteiger partial charge in [0.1, 0.15) is 11.6 Å². The van der Waals surface area contributed by atoms with Gasteiger partial charge in [-0.25, -0.2) is 4.68 Å². The van der Waals surface area contributed by atoms with Crippen LogP contribution >= 0.6 is 0 Å². The molecule has 1 unspecified atom stereocenters. The Morgan fingerprint density at radius 3 is 2.15 bits per heavy atom. The van der Waals surface area contributed by atoms with Crippen LogP contribution in [0.4, 0.5) is 5.82 Å². The summed E-state index contributed by atoms with van der Waals surface area (Å²) in [6.07, 6.45) is -0.0366. The Morgan fingerprint density at radius 1 is 1.07 bits per heavy atom. The van der Waals surface area contributed by atoms with E-state index >= 15 is 0 Å². The summed E-state index contributed by atoms with van der Waals surface area (Å²) >= 11 is 0. The summed E-state index contributed by atoms with van der Waals surface area (Å²) < 4.78 is 13.8. The van der Waals surface area contributed by atoms with Crippen LogP contribution in [0.3, 0.4) is 0 Å². The van der Waals surface area contributed by atoms with Gasteiger partial charge in [0, 0.05) is 23.1 Å². The highest BCUT2D eigenvalue weighted by atomic mass is 28.3. The molecule has 0 saturated heterocycles.